The molecule has 0 aromatic carbocycles. The highest BCUT2D eigenvalue weighted by molar-refractivity contribution is 7.40. The minimum absolute atomic E-state index is 0.840. The van der Waals surface area contributed by atoms with Crippen molar-refractivity contribution in [2.45, 2.75) is 110 Å². The molecule has 116 valence electrons. The second-order valence-electron chi connectivity index (χ2n) is 8.07. The Labute approximate surface area is 125 Å². The van der Waals surface area contributed by atoms with E-state index in [1.54, 1.807) is 6.04 Å². The highest BCUT2D eigenvalue weighted by atomic mass is 29.3. The molecule has 0 heterocycles. The third-order valence-electron chi connectivity index (χ3n) is 5.19. The molecule has 0 aliphatic heterocycles. The zero-order valence-corrected chi connectivity index (χ0v) is 16.8. The minimum atomic E-state index is -0.856. The van der Waals surface area contributed by atoms with Gasteiger partial charge in [-0.25, -0.2) is 0 Å². The lowest BCUT2D eigenvalue weighted by atomic mass is 10.1. The fourth-order valence-corrected chi connectivity index (χ4v) is 7.09. The van der Waals surface area contributed by atoms with Gasteiger partial charge in [-0.2, -0.15) is 0 Å². The first-order valence-electron chi connectivity index (χ1n) is 8.81. The summed E-state index contributed by atoms with van der Waals surface area (Å²) in [4.78, 5) is 0. The molecule has 2 heteroatoms. The van der Waals surface area contributed by atoms with Crippen molar-refractivity contribution in [2.75, 3.05) is 0 Å². The van der Waals surface area contributed by atoms with Crippen LogP contribution in [0.3, 0.4) is 0 Å². The van der Waals surface area contributed by atoms with E-state index in [1.165, 1.54) is 64.2 Å². The third kappa shape index (κ3) is 9.89. The van der Waals surface area contributed by atoms with E-state index >= 15 is 0 Å². The van der Waals surface area contributed by atoms with Crippen molar-refractivity contribution in [1.82, 2.24) is 0 Å². The molecule has 0 N–H and O–H groups in total. The van der Waals surface area contributed by atoms with E-state index in [0.29, 0.717) is 0 Å². The van der Waals surface area contributed by atoms with Gasteiger partial charge in [0.05, 0.1) is 0 Å². The van der Waals surface area contributed by atoms with Crippen LogP contribution in [0.4, 0.5) is 0 Å². The van der Waals surface area contributed by atoms with Crippen LogP contribution in [0.1, 0.15) is 71.1 Å². The van der Waals surface area contributed by atoms with Crippen LogP contribution in [-0.4, -0.2) is 15.2 Å². The van der Waals surface area contributed by atoms with Gasteiger partial charge in [-0.3, -0.25) is 0 Å². The fourth-order valence-electron chi connectivity index (χ4n) is 2.43. The summed E-state index contributed by atoms with van der Waals surface area (Å²) in [5.74, 6) is 0. The lowest BCUT2D eigenvalue weighted by molar-refractivity contribution is 0.562. The molecule has 0 aliphatic carbocycles. The number of rotatable bonds is 12. The Morgan fingerprint density at radius 3 is 1.26 bits per heavy atom. The van der Waals surface area contributed by atoms with Gasteiger partial charge in [-0.1, -0.05) is 110 Å². The summed E-state index contributed by atoms with van der Waals surface area (Å²) >= 11 is 0. The SMILES string of the molecule is CCCCCCCCCCCC[Si](C)(C)[Si](C)(C)C. The van der Waals surface area contributed by atoms with Gasteiger partial charge >= 0.3 is 0 Å². The first-order valence-corrected chi connectivity index (χ1v) is 16.5. The van der Waals surface area contributed by atoms with Crippen molar-refractivity contribution < 1.29 is 0 Å². The normalized spacial score (nSPS) is 12.9. The molecule has 0 amide bonds. The van der Waals surface area contributed by atoms with Crippen LogP contribution in [-0.2, 0) is 0 Å². The molecule has 0 unspecified atom stereocenters. The maximum absolute atomic E-state index is 2.63. The van der Waals surface area contributed by atoms with Gasteiger partial charge in [0.2, 0.25) is 0 Å². The Morgan fingerprint density at radius 2 is 0.895 bits per heavy atom. The van der Waals surface area contributed by atoms with Crippen LogP contribution in [0.2, 0.25) is 38.8 Å². The summed E-state index contributed by atoms with van der Waals surface area (Å²) in [6, 6.07) is 1.58. The van der Waals surface area contributed by atoms with Crippen molar-refractivity contribution in [3.8, 4) is 0 Å². The van der Waals surface area contributed by atoms with Gasteiger partial charge in [0.15, 0.2) is 0 Å². The summed E-state index contributed by atoms with van der Waals surface area (Å²) in [5, 5.41) is 0. The smallest absolute Gasteiger partial charge is 0.0410 e. The van der Waals surface area contributed by atoms with E-state index in [0.717, 1.165) is 0 Å². The third-order valence-corrected chi connectivity index (χ3v) is 23.8. The molecule has 0 rings (SSSR count). The molecule has 0 saturated heterocycles. The average Bonchev–Trinajstić information content (AvgIpc) is 2.30. The van der Waals surface area contributed by atoms with Crippen molar-refractivity contribution >= 4 is 15.2 Å². The van der Waals surface area contributed by atoms with Gasteiger partial charge in [0.25, 0.3) is 0 Å². The Balaban J connectivity index is 3.37. The largest absolute Gasteiger partial charge is 0.0715 e. The summed E-state index contributed by atoms with van der Waals surface area (Å²) < 4.78 is 0. The average molecular weight is 301 g/mol. The molecule has 0 bridgehead atoms. The lowest BCUT2D eigenvalue weighted by Gasteiger charge is -2.35. The second-order valence-corrected chi connectivity index (χ2v) is 25.4. The van der Waals surface area contributed by atoms with Crippen molar-refractivity contribution in [3.05, 3.63) is 0 Å². The first-order chi connectivity index (χ1) is 8.81. The highest BCUT2D eigenvalue weighted by Gasteiger charge is 2.35. The predicted molar refractivity (Wildman–Crippen MR) is 97.5 cm³/mol. The Morgan fingerprint density at radius 1 is 0.526 bits per heavy atom. The standard InChI is InChI=1S/C17H40Si2/c1-7-8-9-10-11-12-13-14-15-16-17-19(5,6)18(2,3)4/h7-17H2,1-6H3. The van der Waals surface area contributed by atoms with Crippen LogP contribution in [0.25, 0.3) is 0 Å². The van der Waals surface area contributed by atoms with E-state index in [1.807, 2.05) is 0 Å². The Kier molecular flexibility index (Phi) is 10.4. The van der Waals surface area contributed by atoms with Crippen LogP contribution in [0, 0.1) is 0 Å². The second kappa shape index (κ2) is 10.2. The van der Waals surface area contributed by atoms with E-state index in [4.69, 9.17) is 0 Å². The van der Waals surface area contributed by atoms with Crippen molar-refractivity contribution in [1.29, 1.82) is 0 Å². The maximum Gasteiger partial charge on any atom is 0.0410 e. The Bertz CT molecular complexity index is 204. The Hall–Kier alpha value is 0.434. The zero-order valence-electron chi connectivity index (χ0n) is 14.8. The van der Waals surface area contributed by atoms with Crippen LogP contribution < -0.4 is 0 Å². The van der Waals surface area contributed by atoms with Gasteiger partial charge in [-0.15, -0.1) is 0 Å². The van der Waals surface area contributed by atoms with Gasteiger partial charge < -0.3 is 0 Å². The van der Waals surface area contributed by atoms with Crippen LogP contribution >= 0.6 is 0 Å². The minimum Gasteiger partial charge on any atom is -0.0715 e. The molecule has 0 aliphatic rings. The summed E-state index contributed by atoms with van der Waals surface area (Å²) in [6.45, 7) is 15.3. The van der Waals surface area contributed by atoms with Crippen LogP contribution in [0.5, 0.6) is 0 Å². The number of hydrogen-bond donors (Lipinski definition) is 0. The summed E-state index contributed by atoms with van der Waals surface area (Å²) in [6.07, 6.45) is 14.7. The monoisotopic (exact) mass is 300 g/mol. The lowest BCUT2D eigenvalue weighted by Crippen LogP contribution is -2.51. The topological polar surface area (TPSA) is 0 Å². The van der Waals surface area contributed by atoms with Crippen molar-refractivity contribution in [2.24, 2.45) is 0 Å². The van der Waals surface area contributed by atoms with E-state index in [-0.39, 0.29) is 0 Å². The number of unbranched alkanes of at least 4 members (excludes halogenated alkanes) is 9. The maximum atomic E-state index is 2.63. The molecule has 0 spiro atoms. The molecule has 0 nitrogen and oxygen atoms in total. The molecule has 0 saturated carbocycles. The van der Waals surface area contributed by atoms with Crippen molar-refractivity contribution in [3.63, 3.8) is 0 Å². The summed E-state index contributed by atoms with van der Waals surface area (Å²) in [7, 11) is -1.70. The molecule has 0 atom stereocenters. The van der Waals surface area contributed by atoms with E-state index < -0.39 is 15.2 Å². The van der Waals surface area contributed by atoms with Gasteiger partial charge in [0, 0.05) is 15.2 Å². The quantitative estimate of drug-likeness (QED) is 0.268. The first kappa shape index (κ1) is 19.4. The predicted octanol–water partition coefficient (Wildman–Crippen LogP) is 7.03. The zero-order chi connectivity index (χ0) is 14.8. The molecule has 0 aromatic heterocycles. The molecule has 19 heavy (non-hydrogen) atoms. The van der Waals surface area contributed by atoms with Gasteiger partial charge in [0.1, 0.15) is 0 Å². The summed E-state index contributed by atoms with van der Waals surface area (Å²) in [5.41, 5.74) is 0. The molecular weight excluding hydrogens is 260 g/mol. The highest BCUT2D eigenvalue weighted by Crippen LogP contribution is 2.25. The fraction of sp³-hybridized carbons (Fsp3) is 1.00. The molecule has 0 radical (unpaired) electrons. The van der Waals surface area contributed by atoms with Gasteiger partial charge in [-0.05, 0) is 0 Å². The van der Waals surface area contributed by atoms with Crippen LogP contribution in [0.15, 0.2) is 0 Å². The molecular formula is C17H40Si2. The molecule has 0 fully saturated rings. The molecule has 0 aromatic rings. The van der Waals surface area contributed by atoms with E-state index in [2.05, 4.69) is 39.7 Å². The van der Waals surface area contributed by atoms with E-state index in [9.17, 15) is 0 Å². The number of hydrogen-bond acceptors (Lipinski definition) is 0.